The molecule has 0 fully saturated rings. The summed E-state index contributed by atoms with van der Waals surface area (Å²) in [6.07, 6.45) is 0.0805. The van der Waals surface area contributed by atoms with Crippen LogP contribution in [0.5, 0.6) is 0 Å². The first-order valence-electron chi connectivity index (χ1n) is 4.94. The summed E-state index contributed by atoms with van der Waals surface area (Å²) in [5, 5.41) is 8.55. The van der Waals surface area contributed by atoms with E-state index in [9.17, 15) is 17.2 Å². The smallest absolute Gasteiger partial charge is 0.244 e. The molecule has 0 heterocycles. The highest BCUT2D eigenvalue weighted by molar-refractivity contribution is 7.89. The van der Waals surface area contributed by atoms with E-state index >= 15 is 0 Å². The SMILES string of the molecule is CNS(=O)(=O)c1c(F)cc(F)cc1C#CCCO. The second-order valence-electron chi connectivity index (χ2n) is 3.25. The zero-order valence-corrected chi connectivity index (χ0v) is 10.3. The summed E-state index contributed by atoms with van der Waals surface area (Å²) in [6, 6.07) is 1.30. The molecule has 4 nitrogen and oxygen atoms in total. The highest BCUT2D eigenvalue weighted by Crippen LogP contribution is 2.20. The number of hydrogen-bond acceptors (Lipinski definition) is 3. The van der Waals surface area contributed by atoms with Gasteiger partial charge in [0.2, 0.25) is 10.0 Å². The van der Waals surface area contributed by atoms with E-state index < -0.39 is 26.6 Å². The number of aliphatic hydroxyl groups excluding tert-OH is 1. The predicted octanol–water partition coefficient (Wildman–Crippen LogP) is 0.607. The number of aliphatic hydroxyl groups is 1. The van der Waals surface area contributed by atoms with Gasteiger partial charge in [0.1, 0.15) is 16.5 Å². The molecule has 0 aliphatic heterocycles. The third kappa shape index (κ3) is 3.26. The normalized spacial score (nSPS) is 10.9. The van der Waals surface area contributed by atoms with Crippen LogP contribution in [0, 0.1) is 23.5 Å². The van der Waals surface area contributed by atoms with E-state index in [1.165, 1.54) is 0 Å². The fourth-order valence-electron chi connectivity index (χ4n) is 1.24. The molecule has 98 valence electrons. The van der Waals surface area contributed by atoms with Crippen molar-refractivity contribution in [1.82, 2.24) is 4.72 Å². The van der Waals surface area contributed by atoms with E-state index in [-0.39, 0.29) is 18.6 Å². The lowest BCUT2D eigenvalue weighted by Gasteiger charge is -2.06. The number of hydrogen-bond donors (Lipinski definition) is 2. The van der Waals surface area contributed by atoms with Gasteiger partial charge in [-0.3, -0.25) is 0 Å². The fourth-order valence-corrected chi connectivity index (χ4v) is 2.16. The molecule has 0 saturated heterocycles. The van der Waals surface area contributed by atoms with Gasteiger partial charge in [0.05, 0.1) is 12.2 Å². The van der Waals surface area contributed by atoms with Crippen molar-refractivity contribution >= 4 is 10.0 Å². The van der Waals surface area contributed by atoms with Crippen LogP contribution >= 0.6 is 0 Å². The maximum atomic E-state index is 13.5. The van der Waals surface area contributed by atoms with Crippen molar-refractivity contribution in [2.45, 2.75) is 11.3 Å². The fraction of sp³-hybridized carbons (Fsp3) is 0.273. The summed E-state index contributed by atoms with van der Waals surface area (Å²) in [5.41, 5.74) is -0.282. The van der Waals surface area contributed by atoms with Crippen LogP contribution in [0.3, 0.4) is 0 Å². The lowest BCUT2D eigenvalue weighted by atomic mass is 10.2. The zero-order chi connectivity index (χ0) is 13.8. The minimum Gasteiger partial charge on any atom is -0.395 e. The maximum Gasteiger partial charge on any atom is 0.244 e. The number of sulfonamides is 1. The van der Waals surface area contributed by atoms with Gasteiger partial charge in [-0.1, -0.05) is 11.8 Å². The summed E-state index contributed by atoms with van der Waals surface area (Å²) in [5.74, 6) is 2.61. The topological polar surface area (TPSA) is 66.4 Å². The quantitative estimate of drug-likeness (QED) is 0.794. The molecule has 1 rings (SSSR count). The zero-order valence-electron chi connectivity index (χ0n) is 9.50. The van der Waals surface area contributed by atoms with Crippen LogP contribution < -0.4 is 4.72 Å². The summed E-state index contributed by atoms with van der Waals surface area (Å²) in [6.45, 7) is -0.223. The van der Waals surface area contributed by atoms with E-state index in [2.05, 4.69) is 11.8 Å². The number of benzene rings is 1. The standard InChI is InChI=1S/C11H11F2NO3S/c1-14-18(16,17)11-8(4-2-3-5-15)6-9(12)7-10(11)13/h6-7,14-15H,3,5H2,1H3. The summed E-state index contributed by atoms with van der Waals surface area (Å²) in [7, 11) is -2.96. The molecule has 18 heavy (non-hydrogen) atoms. The molecule has 0 atom stereocenters. The van der Waals surface area contributed by atoms with Crippen LogP contribution in [-0.4, -0.2) is 27.2 Å². The molecule has 0 amide bonds. The van der Waals surface area contributed by atoms with Gasteiger partial charge in [-0.2, -0.15) is 0 Å². The lowest BCUT2D eigenvalue weighted by molar-refractivity contribution is 0.305. The van der Waals surface area contributed by atoms with Crippen molar-refractivity contribution in [3.05, 3.63) is 29.3 Å². The molecule has 7 heteroatoms. The lowest BCUT2D eigenvalue weighted by Crippen LogP contribution is -2.21. The summed E-state index contributed by atoms with van der Waals surface area (Å²) < 4.78 is 51.7. The molecule has 1 aromatic rings. The van der Waals surface area contributed by atoms with Gasteiger partial charge in [-0.25, -0.2) is 21.9 Å². The highest BCUT2D eigenvalue weighted by Gasteiger charge is 2.22. The van der Waals surface area contributed by atoms with Crippen molar-refractivity contribution in [2.24, 2.45) is 0 Å². The van der Waals surface area contributed by atoms with Gasteiger partial charge < -0.3 is 5.11 Å². The Balaban J connectivity index is 3.46. The van der Waals surface area contributed by atoms with Crippen molar-refractivity contribution in [3.8, 4) is 11.8 Å². The Labute approximate surface area is 104 Å². The summed E-state index contributed by atoms with van der Waals surface area (Å²) in [4.78, 5) is -0.697. The third-order valence-corrected chi connectivity index (χ3v) is 3.50. The molecule has 0 radical (unpaired) electrons. The van der Waals surface area contributed by atoms with Crippen LogP contribution in [0.2, 0.25) is 0 Å². The van der Waals surface area contributed by atoms with E-state index in [0.717, 1.165) is 13.1 Å². The van der Waals surface area contributed by atoms with Crippen LogP contribution in [-0.2, 0) is 10.0 Å². The van der Waals surface area contributed by atoms with Crippen molar-refractivity contribution < 1.29 is 22.3 Å². The number of halogens is 2. The van der Waals surface area contributed by atoms with Gasteiger partial charge in [0.25, 0.3) is 0 Å². The van der Waals surface area contributed by atoms with Gasteiger partial charge in [0, 0.05) is 12.5 Å². The Kier molecular flexibility index (Phi) is 4.78. The Hall–Kier alpha value is -1.49. The minimum absolute atomic E-state index is 0.0805. The largest absolute Gasteiger partial charge is 0.395 e. The molecule has 0 aromatic heterocycles. The first-order chi connectivity index (χ1) is 8.42. The molecular formula is C11H11F2NO3S. The van der Waals surface area contributed by atoms with E-state index in [1.54, 1.807) is 0 Å². The van der Waals surface area contributed by atoms with Gasteiger partial charge in [0.15, 0.2) is 0 Å². The van der Waals surface area contributed by atoms with E-state index in [4.69, 9.17) is 5.11 Å². The molecule has 0 unspecified atom stereocenters. The van der Waals surface area contributed by atoms with Crippen LogP contribution in [0.15, 0.2) is 17.0 Å². The first-order valence-corrected chi connectivity index (χ1v) is 6.43. The average Bonchev–Trinajstić information content (AvgIpc) is 2.28. The molecule has 0 aliphatic carbocycles. The van der Waals surface area contributed by atoms with Gasteiger partial charge in [-0.15, -0.1) is 0 Å². The number of nitrogens with one attached hydrogen (secondary N) is 1. The second-order valence-corrected chi connectivity index (χ2v) is 5.07. The average molecular weight is 275 g/mol. The molecule has 0 spiro atoms. The molecule has 2 N–H and O–H groups in total. The Bertz CT molecular complexity index is 603. The minimum atomic E-state index is -4.07. The summed E-state index contributed by atoms with van der Waals surface area (Å²) >= 11 is 0. The van der Waals surface area contributed by atoms with Crippen molar-refractivity contribution in [1.29, 1.82) is 0 Å². The Morgan fingerprint density at radius 1 is 1.39 bits per heavy atom. The Morgan fingerprint density at radius 2 is 2.06 bits per heavy atom. The number of rotatable bonds is 3. The molecule has 1 aromatic carbocycles. The highest BCUT2D eigenvalue weighted by atomic mass is 32.2. The van der Waals surface area contributed by atoms with E-state index in [1.807, 2.05) is 4.72 Å². The van der Waals surface area contributed by atoms with E-state index in [0.29, 0.717) is 6.07 Å². The van der Waals surface area contributed by atoms with Gasteiger partial charge in [-0.05, 0) is 13.1 Å². The monoisotopic (exact) mass is 275 g/mol. The van der Waals surface area contributed by atoms with Crippen LogP contribution in [0.4, 0.5) is 8.78 Å². The molecular weight excluding hydrogens is 264 g/mol. The molecule has 0 aliphatic rings. The second kappa shape index (κ2) is 5.91. The van der Waals surface area contributed by atoms with Gasteiger partial charge >= 0.3 is 0 Å². The first kappa shape index (κ1) is 14.6. The van der Waals surface area contributed by atoms with Crippen molar-refractivity contribution in [3.63, 3.8) is 0 Å². The predicted molar refractivity (Wildman–Crippen MR) is 61.2 cm³/mol. The van der Waals surface area contributed by atoms with Crippen LogP contribution in [0.25, 0.3) is 0 Å². The van der Waals surface area contributed by atoms with Crippen LogP contribution in [0.1, 0.15) is 12.0 Å². The molecule has 0 saturated carbocycles. The van der Waals surface area contributed by atoms with Crippen molar-refractivity contribution in [2.75, 3.05) is 13.7 Å². The Morgan fingerprint density at radius 3 is 2.61 bits per heavy atom. The third-order valence-electron chi connectivity index (χ3n) is 2.01. The molecule has 0 bridgehead atoms. The maximum absolute atomic E-state index is 13.5.